The van der Waals surface area contributed by atoms with Gasteiger partial charge in [-0.25, -0.2) is 8.42 Å². The fourth-order valence-electron chi connectivity index (χ4n) is 4.43. The molecule has 2 aliphatic carbocycles. The van der Waals surface area contributed by atoms with E-state index in [9.17, 15) is 18.0 Å². The van der Waals surface area contributed by atoms with Crippen LogP contribution in [0.4, 0.5) is 0 Å². The van der Waals surface area contributed by atoms with Crippen LogP contribution in [0.25, 0.3) is 0 Å². The summed E-state index contributed by atoms with van der Waals surface area (Å²) in [6.45, 7) is 1.79. The van der Waals surface area contributed by atoms with E-state index >= 15 is 0 Å². The summed E-state index contributed by atoms with van der Waals surface area (Å²) < 4.78 is 24.5. The Kier molecular flexibility index (Phi) is 2.77. The zero-order valence-corrected chi connectivity index (χ0v) is 13.0. The Hall–Kier alpha value is -1.75. The number of rotatable bonds is 0. The van der Waals surface area contributed by atoms with Crippen LogP contribution in [0, 0.1) is 17.8 Å². The molecule has 4 rings (SSSR count). The highest BCUT2D eigenvalue weighted by Gasteiger charge is 2.53. The van der Waals surface area contributed by atoms with Crippen molar-refractivity contribution in [2.24, 2.45) is 17.8 Å². The van der Waals surface area contributed by atoms with Crippen molar-refractivity contribution in [3.05, 3.63) is 45.9 Å². The van der Waals surface area contributed by atoms with Gasteiger partial charge in [-0.1, -0.05) is 29.8 Å². The van der Waals surface area contributed by atoms with Gasteiger partial charge in [0.15, 0.2) is 21.4 Å². The van der Waals surface area contributed by atoms with Crippen molar-refractivity contribution in [2.45, 2.75) is 19.8 Å². The van der Waals surface area contributed by atoms with Gasteiger partial charge in [-0.15, -0.1) is 0 Å². The molecule has 0 amide bonds. The minimum Gasteiger partial charge on any atom is -0.294 e. The van der Waals surface area contributed by atoms with Crippen LogP contribution in [0.3, 0.4) is 0 Å². The van der Waals surface area contributed by atoms with E-state index in [4.69, 9.17) is 0 Å². The van der Waals surface area contributed by atoms with Gasteiger partial charge in [0.25, 0.3) is 0 Å². The topological polar surface area (TPSA) is 68.3 Å². The highest BCUT2D eigenvalue weighted by atomic mass is 32.2. The molecule has 0 radical (unpaired) electrons. The Morgan fingerprint density at radius 3 is 2.32 bits per heavy atom. The van der Waals surface area contributed by atoms with Gasteiger partial charge >= 0.3 is 0 Å². The Balaban J connectivity index is 1.91. The number of allylic oxidation sites excluding steroid dienone is 2. The number of benzene rings is 1. The molecule has 1 aromatic carbocycles. The number of fused-ring (bicyclic) bond motifs is 4. The van der Waals surface area contributed by atoms with Crippen LogP contribution < -0.4 is 0 Å². The number of carbonyl (C=O) groups is 2. The lowest BCUT2D eigenvalue weighted by Crippen LogP contribution is -2.43. The molecule has 22 heavy (non-hydrogen) atoms. The number of hydrogen-bond donors (Lipinski definition) is 0. The van der Waals surface area contributed by atoms with Crippen LogP contribution in [0.1, 0.15) is 40.5 Å². The third-order valence-corrected chi connectivity index (χ3v) is 7.38. The Bertz CT molecular complexity index is 847. The van der Waals surface area contributed by atoms with E-state index in [0.29, 0.717) is 28.9 Å². The van der Waals surface area contributed by atoms with Gasteiger partial charge in [-0.05, 0) is 19.8 Å². The molecule has 5 heteroatoms. The van der Waals surface area contributed by atoms with E-state index in [1.807, 2.05) is 0 Å². The highest BCUT2D eigenvalue weighted by molar-refractivity contribution is 7.95. The molecule has 1 heterocycles. The van der Waals surface area contributed by atoms with Crippen LogP contribution in [0.5, 0.6) is 0 Å². The minimum absolute atomic E-state index is 0.0112. The fraction of sp³-hybridized carbons (Fsp3) is 0.412. The summed E-state index contributed by atoms with van der Waals surface area (Å²) in [6, 6.07) is 6.90. The first-order valence-electron chi connectivity index (χ1n) is 7.51. The third-order valence-electron chi connectivity index (χ3n) is 5.28. The second-order valence-corrected chi connectivity index (χ2v) is 8.55. The van der Waals surface area contributed by atoms with E-state index in [2.05, 4.69) is 0 Å². The summed E-state index contributed by atoms with van der Waals surface area (Å²) in [7, 11) is -3.25. The molecule has 1 saturated heterocycles. The molecular weight excluding hydrogens is 300 g/mol. The molecule has 1 fully saturated rings. The molecule has 3 aliphatic rings. The molecule has 0 bridgehead atoms. The lowest BCUT2D eigenvalue weighted by molar-refractivity contribution is 0.0671. The van der Waals surface area contributed by atoms with Crippen LogP contribution >= 0.6 is 0 Å². The second kappa shape index (κ2) is 4.38. The smallest absolute Gasteiger partial charge is 0.174 e. The van der Waals surface area contributed by atoms with Crippen molar-refractivity contribution in [2.75, 3.05) is 5.75 Å². The summed E-state index contributed by atoms with van der Waals surface area (Å²) >= 11 is 0. The summed E-state index contributed by atoms with van der Waals surface area (Å²) in [5.41, 5.74) is 1.71. The number of carbonyl (C=O) groups excluding carboxylic acids is 2. The molecule has 0 aromatic heterocycles. The maximum absolute atomic E-state index is 12.9. The molecule has 0 N–H and O–H groups in total. The molecular formula is C17H16O4S. The lowest BCUT2D eigenvalue weighted by Gasteiger charge is -2.38. The molecule has 114 valence electrons. The van der Waals surface area contributed by atoms with Gasteiger partial charge in [-0.3, -0.25) is 9.59 Å². The molecule has 3 atom stereocenters. The molecule has 1 aromatic rings. The number of Topliss-reactive ketones (excluding diaryl/α,β-unsaturated/α-hetero) is 2. The minimum atomic E-state index is -3.25. The Morgan fingerprint density at radius 1 is 1.00 bits per heavy atom. The monoisotopic (exact) mass is 316 g/mol. The zero-order valence-electron chi connectivity index (χ0n) is 12.2. The van der Waals surface area contributed by atoms with Gasteiger partial charge in [0.1, 0.15) is 0 Å². The van der Waals surface area contributed by atoms with Gasteiger partial charge in [0, 0.05) is 33.8 Å². The van der Waals surface area contributed by atoms with E-state index < -0.39 is 21.7 Å². The predicted molar refractivity (Wildman–Crippen MR) is 81.3 cm³/mol. The average molecular weight is 316 g/mol. The van der Waals surface area contributed by atoms with Gasteiger partial charge in [0.05, 0.1) is 5.75 Å². The summed E-state index contributed by atoms with van der Waals surface area (Å²) in [6.07, 6.45) is 0.839. The number of ketones is 2. The summed E-state index contributed by atoms with van der Waals surface area (Å²) in [5.74, 6) is -1.19. The largest absolute Gasteiger partial charge is 0.294 e. The van der Waals surface area contributed by atoms with Gasteiger partial charge < -0.3 is 0 Å². The maximum atomic E-state index is 12.9. The highest BCUT2D eigenvalue weighted by Crippen LogP contribution is 2.51. The predicted octanol–water partition coefficient (Wildman–Crippen LogP) is 2.41. The summed E-state index contributed by atoms with van der Waals surface area (Å²) in [4.78, 5) is 26.1. The van der Waals surface area contributed by atoms with Crippen LogP contribution in [-0.2, 0) is 9.84 Å². The van der Waals surface area contributed by atoms with Crippen LogP contribution in [0.2, 0.25) is 0 Å². The first-order chi connectivity index (χ1) is 10.4. The van der Waals surface area contributed by atoms with E-state index in [-0.39, 0.29) is 23.2 Å². The van der Waals surface area contributed by atoms with Crippen molar-refractivity contribution >= 4 is 21.4 Å². The standard InChI is InChI=1S/C17H16O4S/c1-9-8-13-14(12-6-7-22(20,21)17(9)12)16(19)11-5-3-2-4-10(11)15(13)18/h2-5,12-14H,6-8H2,1H3/t12?,13-,14+/m1/s1. The Labute approximate surface area is 129 Å². The summed E-state index contributed by atoms with van der Waals surface area (Å²) in [5, 5.41) is 0. The maximum Gasteiger partial charge on any atom is 0.174 e. The lowest BCUT2D eigenvalue weighted by atomic mass is 9.63. The zero-order chi connectivity index (χ0) is 15.6. The van der Waals surface area contributed by atoms with Crippen LogP contribution in [-0.4, -0.2) is 25.7 Å². The number of hydrogen-bond acceptors (Lipinski definition) is 4. The SMILES string of the molecule is CC1=C2C(CCS2(=O)=O)[C@@H]2C(=O)c3ccccc3C(=O)[C@@H]2C1. The van der Waals surface area contributed by atoms with Crippen molar-refractivity contribution < 1.29 is 18.0 Å². The molecule has 0 saturated carbocycles. The van der Waals surface area contributed by atoms with Crippen LogP contribution in [0.15, 0.2) is 34.7 Å². The first kappa shape index (κ1) is 13.9. The molecule has 1 aliphatic heterocycles. The Morgan fingerprint density at radius 2 is 1.64 bits per heavy atom. The van der Waals surface area contributed by atoms with Crippen molar-refractivity contribution in [3.63, 3.8) is 0 Å². The molecule has 4 nitrogen and oxygen atoms in total. The number of sulfone groups is 1. The van der Waals surface area contributed by atoms with Crippen molar-refractivity contribution in [1.29, 1.82) is 0 Å². The van der Waals surface area contributed by atoms with Crippen molar-refractivity contribution in [3.8, 4) is 0 Å². The van der Waals surface area contributed by atoms with E-state index in [1.54, 1.807) is 31.2 Å². The van der Waals surface area contributed by atoms with E-state index in [0.717, 1.165) is 5.57 Å². The quantitative estimate of drug-likeness (QED) is 0.737. The van der Waals surface area contributed by atoms with E-state index in [1.165, 1.54) is 0 Å². The normalized spacial score (nSPS) is 32.5. The first-order valence-corrected chi connectivity index (χ1v) is 9.17. The van der Waals surface area contributed by atoms with Gasteiger partial charge in [-0.2, -0.15) is 0 Å². The third kappa shape index (κ3) is 1.66. The second-order valence-electron chi connectivity index (χ2n) is 6.47. The molecule has 0 spiro atoms. The van der Waals surface area contributed by atoms with Gasteiger partial charge in [0.2, 0.25) is 0 Å². The molecule has 1 unspecified atom stereocenters. The average Bonchev–Trinajstić information content (AvgIpc) is 2.81. The van der Waals surface area contributed by atoms with Crippen molar-refractivity contribution in [1.82, 2.24) is 0 Å². The fourth-order valence-corrected chi connectivity index (χ4v) is 6.55.